The number of urea groups is 1. The molecular weight excluding hydrogens is 318 g/mol. The van der Waals surface area contributed by atoms with E-state index in [-0.39, 0.29) is 6.03 Å². The molecule has 134 valence electrons. The van der Waals surface area contributed by atoms with Gasteiger partial charge < -0.3 is 10.2 Å². The largest absolute Gasteiger partial charge is 0.336 e. The Morgan fingerprint density at radius 2 is 1.79 bits per heavy atom. The van der Waals surface area contributed by atoms with E-state index >= 15 is 0 Å². The topological polar surface area (TPSA) is 35.6 Å². The maximum atomic E-state index is 12.5. The predicted octanol–water partition coefficient (Wildman–Crippen LogP) is 3.96. The highest BCUT2D eigenvalue weighted by molar-refractivity contribution is 7.10. The molecule has 2 aliphatic rings. The fourth-order valence-corrected chi connectivity index (χ4v) is 4.60. The van der Waals surface area contributed by atoms with Crippen molar-refractivity contribution in [3.05, 3.63) is 22.4 Å². The van der Waals surface area contributed by atoms with Crippen LogP contribution in [0.1, 0.15) is 50.4 Å². The van der Waals surface area contributed by atoms with Crippen LogP contribution in [0.3, 0.4) is 0 Å². The van der Waals surface area contributed by atoms with E-state index in [1.54, 1.807) is 11.3 Å². The molecule has 24 heavy (non-hydrogen) atoms. The first-order valence-electron chi connectivity index (χ1n) is 9.43. The number of rotatable bonds is 4. The first-order chi connectivity index (χ1) is 11.6. The van der Waals surface area contributed by atoms with Gasteiger partial charge in [0.15, 0.2) is 0 Å². The Hall–Kier alpha value is -1.07. The second-order valence-corrected chi connectivity index (χ2v) is 8.58. The van der Waals surface area contributed by atoms with Gasteiger partial charge in [0.25, 0.3) is 0 Å². The molecule has 0 aliphatic carbocycles. The zero-order valence-electron chi connectivity index (χ0n) is 15.0. The van der Waals surface area contributed by atoms with E-state index in [0.29, 0.717) is 6.04 Å². The van der Waals surface area contributed by atoms with E-state index in [1.807, 2.05) is 4.90 Å². The lowest BCUT2D eigenvalue weighted by Crippen LogP contribution is -2.47. The Morgan fingerprint density at radius 3 is 2.38 bits per heavy atom. The van der Waals surface area contributed by atoms with Crippen LogP contribution in [-0.2, 0) is 0 Å². The van der Waals surface area contributed by atoms with Crippen LogP contribution in [0.25, 0.3) is 0 Å². The summed E-state index contributed by atoms with van der Waals surface area (Å²) in [6, 6.07) is 4.77. The van der Waals surface area contributed by atoms with E-state index in [0.717, 1.165) is 57.4 Å². The molecule has 5 heteroatoms. The second kappa shape index (κ2) is 8.34. The molecule has 1 atom stereocenters. The summed E-state index contributed by atoms with van der Waals surface area (Å²) < 4.78 is 0. The van der Waals surface area contributed by atoms with Gasteiger partial charge in [-0.25, -0.2) is 4.79 Å². The molecule has 2 saturated heterocycles. The number of hydrogen-bond acceptors (Lipinski definition) is 3. The molecule has 3 rings (SSSR count). The minimum Gasteiger partial charge on any atom is -0.336 e. The molecule has 1 unspecified atom stereocenters. The number of hydrogen-bond donors (Lipinski definition) is 1. The van der Waals surface area contributed by atoms with Gasteiger partial charge in [0.05, 0.1) is 6.04 Å². The molecule has 0 saturated carbocycles. The Bertz CT molecular complexity index is 503. The average molecular weight is 350 g/mol. The van der Waals surface area contributed by atoms with Crippen LogP contribution in [0.15, 0.2) is 17.5 Å². The molecule has 1 N–H and O–H groups in total. The first kappa shape index (κ1) is 17.7. The van der Waals surface area contributed by atoms with Crippen molar-refractivity contribution in [2.24, 2.45) is 11.8 Å². The van der Waals surface area contributed by atoms with Gasteiger partial charge in [-0.05, 0) is 62.1 Å². The zero-order chi connectivity index (χ0) is 16.9. The summed E-state index contributed by atoms with van der Waals surface area (Å²) in [5.74, 6) is 1.58. The maximum absolute atomic E-state index is 12.5. The highest BCUT2D eigenvalue weighted by atomic mass is 32.1. The van der Waals surface area contributed by atoms with Crippen LogP contribution in [0.4, 0.5) is 4.79 Å². The maximum Gasteiger partial charge on any atom is 0.317 e. The number of nitrogens with zero attached hydrogens (tertiary/aromatic N) is 2. The highest BCUT2D eigenvalue weighted by Crippen LogP contribution is 2.29. The Morgan fingerprint density at radius 1 is 1.17 bits per heavy atom. The summed E-state index contributed by atoms with van der Waals surface area (Å²) in [5, 5.41) is 5.36. The Balaban J connectivity index is 1.57. The second-order valence-electron chi connectivity index (χ2n) is 7.61. The SMILES string of the molecule is CC1CCN(C(=O)NCC(c2cccs2)N2CCC(C)CC2)CC1. The molecule has 1 aromatic rings. The van der Waals surface area contributed by atoms with Crippen molar-refractivity contribution in [2.45, 2.75) is 45.6 Å². The highest BCUT2D eigenvalue weighted by Gasteiger charge is 2.27. The number of carbonyl (C=O) groups is 1. The number of nitrogens with one attached hydrogen (secondary N) is 1. The van der Waals surface area contributed by atoms with Crippen molar-refractivity contribution in [3.63, 3.8) is 0 Å². The molecule has 0 bridgehead atoms. The number of thiophene rings is 1. The average Bonchev–Trinajstić information content (AvgIpc) is 3.11. The van der Waals surface area contributed by atoms with Crippen molar-refractivity contribution >= 4 is 17.4 Å². The molecule has 2 amide bonds. The van der Waals surface area contributed by atoms with Crippen molar-refractivity contribution < 1.29 is 4.79 Å². The van der Waals surface area contributed by atoms with Gasteiger partial charge >= 0.3 is 6.03 Å². The standard InChI is InChI=1S/C19H31N3OS/c1-15-5-9-21(10-6-15)17(18-4-3-13-24-18)14-20-19(23)22-11-7-16(2)8-12-22/h3-4,13,15-17H,5-12,14H2,1-2H3,(H,20,23). The van der Waals surface area contributed by atoms with Gasteiger partial charge in [0, 0.05) is 24.5 Å². The Labute approximate surface area is 150 Å². The summed E-state index contributed by atoms with van der Waals surface area (Å²) in [5.41, 5.74) is 0. The van der Waals surface area contributed by atoms with Gasteiger partial charge in [0.1, 0.15) is 0 Å². The van der Waals surface area contributed by atoms with Crippen LogP contribution < -0.4 is 5.32 Å². The number of piperidine rings is 2. The minimum absolute atomic E-state index is 0.119. The zero-order valence-corrected chi connectivity index (χ0v) is 15.9. The first-order valence-corrected chi connectivity index (χ1v) is 10.3. The van der Waals surface area contributed by atoms with E-state index in [1.165, 1.54) is 17.7 Å². The fraction of sp³-hybridized carbons (Fsp3) is 0.737. The molecule has 4 nitrogen and oxygen atoms in total. The summed E-state index contributed by atoms with van der Waals surface area (Å²) in [6.45, 7) is 9.42. The van der Waals surface area contributed by atoms with Crippen LogP contribution in [0.2, 0.25) is 0 Å². The minimum atomic E-state index is 0.119. The van der Waals surface area contributed by atoms with Gasteiger partial charge in [-0.15, -0.1) is 11.3 Å². The van der Waals surface area contributed by atoms with Crippen LogP contribution in [0, 0.1) is 11.8 Å². The molecule has 0 spiro atoms. The van der Waals surface area contributed by atoms with Crippen molar-refractivity contribution in [2.75, 3.05) is 32.7 Å². The molecule has 0 radical (unpaired) electrons. The van der Waals surface area contributed by atoms with Crippen LogP contribution >= 0.6 is 11.3 Å². The third-order valence-corrected chi connectivity index (χ3v) is 6.62. The van der Waals surface area contributed by atoms with Crippen molar-refractivity contribution in [3.8, 4) is 0 Å². The summed E-state index contributed by atoms with van der Waals surface area (Å²) >= 11 is 1.81. The van der Waals surface area contributed by atoms with Gasteiger partial charge in [-0.3, -0.25) is 4.90 Å². The lowest BCUT2D eigenvalue weighted by Gasteiger charge is -2.37. The molecular formula is C19H31N3OS. The van der Waals surface area contributed by atoms with E-state index in [2.05, 4.69) is 41.6 Å². The normalized spacial score (nSPS) is 22.5. The monoisotopic (exact) mass is 349 g/mol. The molecule has 2 fully saturated rings. The molecule has 1 aromatic heterocycles. The third-order valence-electron chi connectivity index (χ3n) is 5.65. The van der Waals surface area contributed by atoms with E-state index < -0.39 is 0 Å². The summed E-state index contributed by atoms with van der Waals surface area (Å²) in [4.78, 5) is 18.4. The smallest absolute Gasteiger partial charge is 0.317 e. The predicted molar refractivity (Wildman–Crippen MR) is 100 cm³/mol. The van der Waals surface area contributed by atoms with E-state index in [9.17, 15) is 4.79 Å². The van der Waals surface area contributed by atoms with Crippen LogP contribution in [-0.4, -0.2) is 48.6 Å². The number of carbonyl (C=O) groups excluding carboxylic acids is 1. The summed E-state index contributed by atoms with van der Waals surface area (Å²) in [7, 11) is 0. The fourth-order valence-electron chi connectivity index (χ4n) is 3.74. The number of likely N-dealkylation sites (tertiary alicyclic amines) is 2. The molecule has 0 aromatic carbocycles. The quantitative estimate of drug-likeness (QED) is 0.893. The van der Waals surface area contributed by atoms with E-state index in [4.69, 9.17) is 0 Å². The van der Waals surface area contributed by atoms with Crippen LogP contribution in [0.5, 0.6) is 0 Å². The van der Waals surface area contributed by atoms with Gasteiger partial charge in [-0.2, -0.15) is 0 Å². The van der Waals surface area contributed by atoms with Gasteiger partial charge in [-0.1, -0.05) is 19.9 Å². The molecule has 2 aliphatic heterocycles. The lowest BCUT2D eigenvalue weighted by molar-refractivity contribution is 0.132. The summed E-state index contributed by atoms with van der Waals surface area (Å²) in [6.07, 6.45) is 4.79. The number of amides is 2. The molecule has 3 heterocycles. The van der Waals surface area contributed by atoms with Gasteiger partial charge in [0.2, 0.25) is 0 Å². The third kappa shape index (κ3) is 4.51. The Kier molecular flexibility index (Phi) is 6.17. The lowest BCUT2D eigenvalue weighted by atomic mass is 9.97. The van der Waals surface area contributed by atoms with Crippen molar-refractivity contribution in [1.82, 2.24) is 15.1 Å². The van der Waals surface area contributed by atoms with Crippen molar-refractivity contribution in [1.29, 1.82) is 0 Å².